The third kappa shape index (κ3) is 7.43. The average molecular weight is 602 g/mol. The summed E-state index contributed by atoms with van der Waals surface area (Å²) in [6, 6.07) is 23.6. The number of aliphatic carboxylic acids is 1. The van der Waals surface area contributed by atoms with Crippen LogP contribution in [0.5, 0.6) is 0 Å². The SMILES string of the molecule is O=C(CCN1C(=O)C=CC1=O)NC(Cc1ccc(-c2ccc(-c3ccc(N4CCSSCC4)cc3)cc2)cc1)C(=O)O. The van der Waals surface area contributed by atoms with Crippen molar-refractivity contribution in [1.82, 2.24) is 10.2 Å². The second kappa shape index (κ2) is 13.8. The number of carbonyl (C=O) groups excluding carboxylic acids is 3. The van der Waals surface area contributed by atoms with Crippen molar-refractivity contribution in [1.29, 1.82) is 0 Å². The van der Waals surface area contributed by atoms with Crippen molar-refractivity contribution >= 4 is 51.0 Å². The molecule has 3 aromatic carbocycles. The zero-order chi connectivity index (χ0) is 29.5. The van der Waals surface area contributed by atoms with Crippen molar-refractivity contribution in [3.8, 4) is 22.3 Å². The molecule has 42 heavy (non-hydrogen) atoms. The highest BCUT2D eigenvalue weighted by Gasteiger charge is 2.25. The van der Waals surface area contributed by atoms with Crippen LogP contribution in [0.2, 0.25) is 0 Å². The molecule has 5 rings (SSSR count). The van der Waals surface area contributed by atoms with Crippen LogP contribution in [0, 0.1) is 0 Å². The maximum atomic E-state index is 12.3. The topological polar surface area (TPSA) is 107 Å². The quantitative estimate of drug-likeness (QED) is 0.256. The van der Waals surface area contributed by atoms with Crippen LogP contribution in [0.4, 0.5) is 5.69 Å². The average Bonchev–Trinajstić information content (AvgIpc) is 3.17. The Morgan fingerprint density at radius 2 is 1.24 bits per heavy atom. The molecule has 2 N–H and O–H groups in total. The summed E-state index contributed by atoms with van der Waals surface area (Å²) < 4.78 is 0. The summed E-state index contributed by atoms with van der Waals surface area (Å²) in [6.45, 7) is 2.04. The number of carboxylic acids is 1. The first kappa shape index (κ1) is 29.5. The van der Waals surface area contributed by atoms with E-state index in [1.165, 1.54) is 5.69 Å². The van der Waals surface area contributed by atoms with Gasteiger partial charge in [0, 0.05) is 61.8 Å². The first-order valence-corrected chi connectivity index (χ1v) is 16.2. The highest BCUT2D eigenvalue weighted by atomic mass is 33.1. The maximum Gasteiger partial charge on any atom is 0.326 e. The van der Waals surface area contributed by atoms with Gasteiger partial charge in [0.1, 0.15) is 6.04 Å². The van der Waals surface area contributed by atoms with E-state index in [0.717, 1.165) is 69.5 Å². The Hall–Kier alpha value is -4.02. The monoisotopic (exact) mass is 601 g/mol. The van der Waals surface area contributed by atoms with E-state index in [0.29, 0.717) is 0 Å². The lowest BCUT2D eigenvalue weighted by molar-refractivity contribution is -0.142. The van der Waals surface area contributed by atoms with Crippen LogP contribution in [0.15, 0.2) is 84.9 Å². The molecule has 2 heterocycles. The second-order valence-electron chi connectivity index (χ2n) is 10.0. The lowest BCUT2D eigenvalue weighted by atomic mass is 9.98. The van der Waals surface area contributed by atoms with Gasteiger partial charge >= 0.3 is 5.97 Å². The van der Waals surface area contributed by atoms with Gasteiger partial charge in [0.25, 0.3) is 11.8 Å². The Morgan fingerprint density at radius 3 is 1.74 bits per heavy atom. The van der Waals surface area contributed by atoms with Crippen LogP contribution in [0.3, 0.4) is 0 Å². The summed E-state index contributed by atoms with van der Waals surface area (Å²) in [6.07, 6.45) is 2.23. The number of amides is 3. The number of benzene rings is 3. The highest BCUT2D eigenvalue weighted by molar-refractivity contribution is 8.76. The summed E-state index contributed by atoms with van der Waals surface area (Å²) >= 11 is 0. The van der Waals surface area contributed by atoms with Crippen molar-refractivity contribution in [3.63, 3.8) is 0 Å². The zero-order valence-electron chi connectivity index (χ0n) is 22.9. The van der Waals surface area contributed by atoms with Crippen LogP contribution in [-0.4, -0.2) is 70.9 Å². The molecule has 8 nitrogen and oxygen atoms in total. The number of carboxylic acid groups (broad SMARTS) is 1. The smallest absolute Gasteiger partial charge is 0.326 e. The molecule has 1 atom stereocenters. The number of carbonyl (C=O) groups is 4. The number of rotatable bonds is 10. The van der Waals surface area contributed by atoms with Gasteiger partial charge < -0.3 is 15.3 Å². The Morgan fingerprint density at radius 1 is 0.762 bits per heavy atom. The summed E-state index contributed by atoms with van der Waals surface area (Å²) in [7, 11) is 3.88. The number of imide groups is 1. The van der Waals surface area contributed by atoms with E-state index in [4.69, 9.17) is 0 Å². The largest absolute Gasteiger partial charge is 0.480 e. The van der Waals surface area contributed by atoms with E-state index >= 15 is 0 Å². The molecule has 2 aliphatic heterocycles. The molecule has 2 aliphatic rings. The van der Waals surface area contributed by atoms with Crippen LogP contribution < -0.4 is 10.2 Å². The van der Waals surface area contributed by atoms with Gasteiger partial charge in [0.15, 0.2) is 0 Å². The van der Waals surface area contributed by atoms with Gasteiger partial charge in [0.2, 0.25) is 5.91 Å². The van der Waals surface area contributed by atoms with Gasteiger partial charge in [-0.15, -0.1) is 0 Å². The number of nitrogens with zero attached hydrogens (tertiary/aromatic N) is 2. The molecular weight excluding hydrogens is 571 g/mol. The molecule has 216 valence electrons. The van der Waals surface area contributed by atoms with Gasteiger partial charge in [-0.2, -0.15) is 0 Å². The maximum absolute atomic E-state index is 12.3. The van der Waals surface area contributed by atoms with Crippen molar-refractivity contribution in [2.45, 2.75) is 18.9 Å². The lowest BCUT2D eigenvalue weighted by Gasteiger charge is -2.22. The molecule has 0 aromatic heterocycles. The van der Waals surface area contributed by atoms with Gasteiger partial charge in [0.05, 0.1) is 0 Å². The molecule has 1 saturated heterocycles. The minimum Gasteiger partial charge on any atom is -0.480 e. The first-order valence-electron chi connectivity index (χ1n) is 13.7. The Labute approximate surface area is 252 Å². The number of nitrogens with one attached hydrogen (secondary N) is 1. The van der Waals surface area contributed by atoms with Crippen LogP contribution in [0.25, 0.3) is 22.3 Å². The van der Waals surface area contributed by atoms with E-state index in [9.17, 15) is 24.3 Å². The number of hydrogen-bond acceptors (Lipinski definition) is 7. The molecule has 0 aliphatic carbocycles. The standard InChI is InChI=1S/C32H31N3O5S2/c36-29(15-16-35-30(37)13-14-31(35)38)33-28(32(39)40)21-22-1-3-23(4-2-22)24-5-7-25(8-6-24)26-9-11-27(12-10-26)34-17-19-41-42-20-18-34/h1-14,28H,15-21H2,(H,33,36)(H,39,40). The fourth-order valence-electron chi connectivity index (χ4n) is 4.90. The summed E-state index contributed by atoms with van der Waals surface area (Å²) in [5, 5.41) is 12.1. The molecule has 0 saturated carbocycles. The van der Waals surface area contributed by atoms with E-state index < -0.39 is 29.7 Å². The third-order valence-corrected chi connectivity index (χ3v) is 9.61. The molecule has 0 radical (unpaired) electrons. The Bertz CT molecular complexity index is 1450. The summed E-state index contributed by atoms with van der Waals surface area (Å²) in [5.74, 6) is -0.383. The fourth-order valence-corrected chi connectivity index (χ4v) is 6.88. The van der Waals surface area contributed by atoms with Gasteiger partial charge in [-0.25, -0.2) is 4.79 Å². The van der Waals surface area contributed by atoms with Gasteiger partial charge in [-0.1, -0.05) is 82.3 Å². The molecule has 10 heteroatoms. The molecule has 0 spiro atoms. The molecule has 0 bridgehead atoms. The van der Waals surface area contributed by atoms with E-state index in [1.807, 2.05) is 45.9 Å². The third-order valence-electron chi connectivity index (χ3n) is 7.25. The lowest BCUT2D eigenvalue weighted by Crippen LogP contribution is -2.43. The molecule has 1 unspecified atom stereocenters. The van der Waals surface area contributed by atoms with Crippen molar-refractivity contribution in [3.05, 3.63) is 90.5 Å². The minimum atomic E-state index is -1.16. The Balaban J connectivity index is 1.16. The molecule has 1 fully saturated rings. The molecule has 3 aromatic rings. The van der Waals surface area contributed by atoms with Crippen LogP contribution >= 0.6 is 21.6 Å². The highest BCUT2D eigenvalue weighted by Crippen LogP contribution is 2.29. The summed E-state index contributed by atoms with van der Waals surface area (Å²) in [4.78, 5) is 50.8. The zero-order valence-corrected chi connectivity index (χ0v) is 24.5. The van der Waals surface area contributed by atoms with E-state index in [1.54, 1.807) is 0 Å². The Kier molecular flexibility index (Phi) is 9.66. The predicted octanol–water partition coefficient (Wildman–Crippen LogP) is 4.65. The minimum absolute atomic E-state index is 0.0984. The van der Waals surface area contributed by atoms with Gasteiger partial charge in [-0.3, -0.25) is 19.3 Å². The van der Waals surface area contributed by atoms with Crippen LogP contribution in [-0.2, 0) is 25.6 Å². The van der Waals surface area contributed by atoms with E-state index in [2.05, 4.69) is 58.7 Å². The summed E-state index contributed by atoms with van der Waals surface area (Å²) in [5.41, 5.74) is 6.37. The van der Waals surface area contributed by atoms with E-state index in [-0.39, 0.29) is 19.4 Å². The van der Waals surface area contributed by atoms with Crippen molar-refractivity contribution < 1.29 is 24.3 Å². The fraction of sp³-hybridized carbons (Fsp3) is 0.250. The normalized spacial score (nSPS) is 15.9. The molecule has 3 amide bonds. The predicted molar refractivity (Wildman–Crippen MR) is 168 cm³/mol. The van der Waals surface area contributed by atoms with Crippen molar-refractivity contribution in [2.24, 2.45) is 0 Å². The van der Waals surface area contributed by atoms with Crippen molar-refractivity contribution in [2.75, 3.05) is 36.0 Å². The number of anilines is 1. The number of hydrogen-bond donors (Lipinski definition) is 2. The first-order chi connectivity index (χ1) is 20.4. The molecular formula is C32H31N3O5S2. The van der Waals surface area contributed by atoms with Crippen LogP contribution in [0.1, 0.15) is 12.0 Å². The second-order valence-corrected chi connectivity index (χ2v) is 12.7. The van der Waals surface area contributed by atoms with Gasteiger partial charge in [-0.05, 0) is 39.9 Å².